The smallest absolute Gasteiger partial charge is 0.245 e. The van der Waals surface area contributed by atoms with Crippen molar-refractivity contribution in [2.75, 3.05) is 17.3 Å². The van der Waals surface area contributed by atoms with Gasteiger partial charge in [-0.1, -0.05) is 17.7 Å². The van der Waals surface area contributed by atoms with Crippen molar-refractivity contribution >= 4 is 11.6 Å². The predicted octanol–water partition coefficient (Wildman–Crippen LogP) is 2.60. The van der Waals surface area contributed by atoms with E-state index in [1.807, 2.05) is 61.8 Å². The number of amides is 1. The molecule has 1 amide bonds. The van der Waals surface area contributed by atoms with Crippen LogP contribution in [0.3, 0.4) is 0 Å². The van der Waals surface area contributed by atoms with Gasteiger partial charge in [0.25, 0.3) is 0 Å². The van der Waals surface area contributed by atoms with Crippen molar-refractivity contribution in [2.24, 2.45) is 0 Å². The average Bonchev–Trinajstić information content (AvgIpc) is 2.70. The molecule has 0 unspecified atom stereocenters. The molecule has 0 bridgehead atoms. The Morgan fingerprint density at radius 3 is 2.16 bits per heavy atom. The number of benzene rings is 1. The zero-order valence-electron chi connectivity index (χ0n) is 11.5. The number of aromatic nitrogens is 1. The minimum absolute atomic E-state index is 0.0589. The van der Waals surface area contributed by atoms with Crippen LogP contribution >= 0.6 is 0 Å². The maximum Gasteiger partial charge on any atom is 0.245 e. The molecule has 19 heavy (non-hydrogen) atoms. The SMILES string of the molecule is Cc1ccc(NC(=O)CNn2c(C)ccc2C)cc1. The Kier molecular flexibility index (Phi) is 3.90. The number of hydrogen-bond acceptors (Lipinski definition) is 2. The van der Waals surface area contributed by atoms with Gasteiger partial charge in [-0.25, -0.2) is 0 Å². The Labute approximate surface area is 113 Å². The van der Waals surface area contributed by atoms with Crippen LogP contribution in [-0.4, -0.2) is 17.1 Å². The summed E-state index contributed by atoms with van der Waals surface area (Å²) in [5.41, 5.74) is 7.26. The van der Waals surface area contributed by atoms with Gasteiger partial charge in [-0.15, -0.1) is 0 Å². The van der Waals surface area contributed by atoms with E-state index in [2.05, 4.69) is 10.7 Å². The normalized spacial score (nSPS) is 10.3. The highest BCUT2D eigenvalue weighted by molar-refractivity contribution is 5.92. The second kappa shape index (κ2) is 5.61. The first-order valence-corrected chi connectivity index (χ1v) is 6.31. The number of carbonyl (C=O) groups excluding carboxylic acids is 1. The van der Waals surface area contributed by atoms with Crippen LogP contribution in [0.1, 0.15) is 17.0 Å². The molecule has 1 heterocycles. The van der Waals surface area contributed by atoms with E-state index in [-0.39, 0.29) is 12.5 Å². The fourth-order valence-corrected chi connectivity index (χ4v) is 1.91. The molecule has 4 heteroatoms. The van der Waals surface area contributed by atoms with Crippen molar-refractivity contribution < 1.29 is 4.79 Å². The van der Waals surface area contributed by atoms with E-state index < -0.39 is 0 Å². The summed E-state index contributed by atoms with van der Waals surface area (Å²) in [5.74, 6) is -0.0589. The number of nitrogens with one attached hydrogen (secondary N) is 2. The van der Waals surface area contributed by atoms with Crippen LogP contribution in [0.4, 0.5) is 5.69 Å². The van der Waals surface area contributed by atoms with Crippen molar-refractivity contribution in [3.8, 4) is 0 Å². The van der Waals surface area contributed by atoms with Gasteiger partial charge in [0, 0.05) is 17.1 Å². The van der Waals surface area contributed by atoms with Gasteiger partial charge in [0.2, 0.25) is 5.91 Å². The third-order valence-corrected chi connectivity index (χ3v) is 3.00. The first kappa shape index (κ1) is 13.2. The van der Waals surface area contributed by atoms with Gasteiger partial charge in [-0.2, -0.15) is 0 Å². The molecule has 1 aromatic heterocycles. The quantitative estimate of drug-likeness (QED) is 0.884. The Morgan fingerprint density at radius 2 is 1.58 bits per heavy atom. The highest BCUT2D eigenvalue weighted by Gasteiger charge is 2.04. The molecule has 100 valence electrons. The lowest BCUT2D eigenvalue weighted by atomic mass is 10.2. The fourth-order valence-electron chi connectivity index (χ4n) is 1.91. The Hall–Kier alpha value is -2.23. The maximum atomic E-state index is 11.8. The average molecular weight is 257 g/mol. The lowest BCUT2D eigenvalue weighted by Gasteiger charge is -2.12. The van der Waals surface area contributed by atoms with E-state index in [9.17, 15) is 4.79 Å². The number of hydrogen-bond donors (Lipinski definition) is 2. The molecule has 0 aliphatic rings. The predicted molar refractivity (Wildman–Crippen MR) is 77.9 cm³/mol. The van der Waals surface area contributed by atoms with E-state index in [1.165, 1.54) is 5.56 Å². The summed E-state index contributed by atoms with van der Waals surface area (Å²) in [5, 5.41) is 2.86. The summed E-state index contributed by atoms with van der Waals surface area (Å²) in [4.78, 5) is 11.8. The molecule has 2 N–H and O–H groups in total. The molecule has 0 radical (unpaired) electrons. The van der Waals surface area contributed by atoms with Crippen LogP contribution in [0.25, 0.3) is 0 Å². The number of rotatable bonds is 4. The first-order valence-electron chi connectivity index (χ1n) is 6.31. The van der Waals surface area contributed by atoms with E-state index in [0.29, 0.717) is 0 Å². The number of carbonyl (C=O) groups is 1. The van der Waals surface area contributed by atoms with Crippen molar-refractivity contribution in [2.45, 2.75) is 20.8 Å². The van der Waals surface area contributed by atoms with Gasteiger partial charge in [0.05, 0.1) is 0 Å². The van der Waals surface area contributed by atoms with Crippen LogP contribution in [0.2, 0.25) is 0 Å². The molecule has 2 rings (SSSR count). The molecule has 0 spiro atoms. The summed E-state index contributed by atoms with van der Waals surface area (Å²) in [6.07, 6.45) is 0. The largest absolute Gasteiger partial charge is 0.325 e. The molecule has 0 aliphatic carbocycles. The van der Waals surface area contributed by atoms with Crippen molar-refractivity contribution in [1.29, 1.82) is 0 Å². The Bertz CT molecular complexity index is 550. The highest BCUT2D eigenvalue weighted by Crippen LogP contribution is 2.08. The Balaban J connectivity index is 1.90. The molecule has 0 saturated carbocycles. The van der Waals surface area contributed by atoms with Crippen LogP contribution in [0.5, 0.6) is 0 Å². The number of nitrogens with zero attached hydrogens (tertiary/aromatic N) is 1. The van der Waals surface area contributed by atoms with Gasteiger partial charge in [0.15, 0.2) is 0 Å². The molecule has 4 nitrogen and oxygen atoms in total. The van der Waals surface area contributed by atoms with Crippen molar-refractivity contribution in [1.82, 2.24) is 4.68 Å². The molecule has 0 fully saturated rings. The zero-order valence-corrected chi connectivity index (χ0v) is 11.5. The van der Waals surface area contributed by atoms with Crippen LogP contribution < -0.4 is 10.7 Å². The highest BCUT2D eigenvalue weighted by atomic mass is 16.2. The molecule has 2 aromatic rings. The second-order valence-corrected chi connectivity index (χ2v) is 4.70. The molecule has 0 aliphatic heterocycles. The summed E-state index contributed by atoms with van der Waals surface area (Å²) in [6.45, 7) is 6.25. The van der Waals surface area contributed by atoms with E-state index in [0.717, 1.165) is 17.1 Å². The van der Waals surface area contributed by atoms with Gasteiger partial charge in [-0.05, 0) is 45.0 Å². The van der Waals surface area contributed by atoms with Crippen molar-refractivity contribution in [3.63, 3.8) is 0 Å². The second-order valence-electron chi connectivity index (χ2n) is 4.70. The Morgan fingerprint density at radius 1 is 1.00 bits per heavy atom. The summed E-state index contributed by atoms with van der Waals surface area (Å²) < 4.78 is 1.91. The summed E-state index contributed by atoms with van der Waals surface area (Å²) >= 11 is 0. The first-order chi connectivity index (χ1) is 9.06. The van der Waals surface area contributed by atoms with Crippen LogP contribution in [0, 0.1) is 20.8 Å². The minimum Gasteiger partial charge on any atom is -0.325 e. The molecule has 1 aromatic carbocycles. The lowest BCUT2D eigenvalue weighted by molar-refractivity contribution is -0.114. The van der Waals surface area contributed by atoms with Gasteiger partial charge in [0.1, 0.15) is 6.54 Å². The number of aryl methyl sites for hydroxylation is 3. The lowest BCUT2D eigenvalue weighted by Crippen LogP contribution is -2.28. The van der Waals surface area contributed by atoms with Crippen LogP contribution in [-0.2, 0) is 4.79 Å². The minimum atomic E-state index is -0.0589. The van der Waals surface area contributed by atoms with Gasteiger partial charge >= 0.3 is 0 Å². The van der Waals surface area contributed by atoms with E-state index in [1.54, 1.807) is 0 Å². The van der Waals surface area contributed by atoms with Gasteiger partial charge < -0.3 is 10.7 Å². The standard InChI is InChI=1S/C15H19N3O/c1-11-4-8-14(9-5-11)17-15(19)10-16-18-12(2)6-7-13(18)3/h4-9,16H,10H2,1-3H3,(H,17,19). The monoisotopic (exact) mass is 257 g/mol. The molecule has 0 saturated heterocycles. The summed E-state index contributed by atoms with van der Waals surface area (Å²) in [7, 11) is 0. The maximum absolute atomic E-state index is 11.8. The fraction of sp³-hybridized carbons (Fsp3) is 0.267. The topological polar surface area (TPSA) is 46.1 Å². The van der Waals surface area contributed by atoms with Gasteiger partial charge in [-0.3, -0.25) is 9.47 Å². The molecular formula is C15H19N3O. The molecule has 0 atom stereocenters. The van der Waals surface area contributed by atoms with Crippen molar-refractivity contribution in [3.05, 3.63) is 53.3 Å². The van der Waals surface area contributed by atoms with E-state index >= 15 is 0 Å². The zero-order chi connectivity index (χ0) is 13.8. The third kappa shape index (κ3) is 3.37. The van der Waals surface area contributed by atoms with Crippen LogP contribution in [0.15, 0.2) is 36.4 Å². The third-order valence-electron chi connectivity index (χ3n) is 3.00. The van der Waals surface area contributed by atoms with E-state index in [4.69, 9.17) is 0 Å². The number of anilines is 1. The summed E-state index contributed by atoms with van der Waals surface area (Å²) in [6, 6.07) is 11.8. The molecular weight excluding hydrogens is 238 g/mol.